The molecule has 1 atom stereocenters. The molecule has 0 N–H and O–H groups in total. The van der Waals surface area contributed by atoms with Crippen molar-refractivity contribution in [3.63, 3.8) is 0 Å². The smallest absolute Gasteiger partial charge is 0.337 e. The van der Waals surface area contributed by atoms with E-state index >= 15 is 0 Å². The molecule has 2 nitrogen and oxygen atoms in total. The lowest BCUT2D eigenvalue weighted by Gasteiger charge is -2.32. The molecule has 0 radical (unpaired) electrons. The zero-order valence-electron chi connectivity index (χ0n) is 13.4. The summed E-state index contributed by atoms with van der Waals surface area (Å²) in [5.41, 5.74) is 0. The third-order valence-electron chi connectivity index (χ3n) is 3.41. The van der Waals surface area contributed by atoms with E-state index in [1.54, 1.807) is 0 Å². The number of hydrogen-bond acceptors (Lipinski definition) is 2. The third-order valence-corrected chi connectivity index (χ3v) is 7.13. The highest BCUT2D eigenvalue weighted by Gasteiger charge is 2.35. The lowest BCUT2D eigenvalue weighted by molar-refractivity contribution is 0.108. The monoisotopic (exact) mass is 274 g/mol. The molecule has 0 spiro atoms. The molecule has 0 aliphatic carbocycles. The molecular weight excluding hydrogens is 240 g/mol. The SMILES string of the molecule is CCCCCO[Si](CC)(CC)OC(C)CC(C)C. The first-order valence-electron chi connectivity index (χ1n) is 7.81. The molecule has 0 aromatic rings. The van der Waals surface area contributed by atoms with Crippen molar-refractivity contribution >= 4 is 8.56 Å². The van der Waals surface area contributed by atoms with Gasteiger partial charge in [-0.1, -0.05) is 47.5 Å². The summed E-state index contributed by atoms with van der Waals surface area (Å²) < 4.78 is 12.5. The maximum atomic E-state index is 6.34. The summed E-state index contributed by atoms with van der Waals surface area (Å²) >= 11 is 0. The lowest BCUT2D eigenvalue weighted by Crippen LogP contribution is -2.44. The van der Waals surface area contributed by atoms with Crippen LogP contribution < -0.4 is 0 Å². The molecule has 110 valence electrons. The van der Waals surface area contributed by atoms with E-state index in [0.29, 0.717) is 12.0 Å². The van der Waals surface area contributed by atoms with Crippen LogP contribution in [-0.4, -0.2) is 21.3 Å². The number of unbranched alkanes of at least 4 members (excludes halogenated alkanes) is 2. The highest BCUT2D eigenvalue weighted by Crippen LogP contribution is 2.23. The molecule has 0 rings (SSSR count). The first kappa shape index (κ1) is 18.1. The van der Waals surface area contributed by atoms with Crippen LogP contribution in [0.1, 0.15) is 67.2 Å². The van der Waals surface area contributed by atoms with Gasteiger partial charge >= 0.3 is 8.56 Å². The molecule has 0 aliphatic heterocycles. The van der Waals surface area contributed by atoms with E-state index in [4.69, 9.17) is 8.85 Å². The van der Waals surface area contributed by atoms with Gasteiger partial charge in [0.15, 0.2) is 0 Å². The summed E-state index contributed by atoms with van der Waals surface area (Å²) in [6.07, 6.45) is 5.16. The third kappa shape index (κ3) is 7.55. The van der Waals surface area contributed by atoms with Gasteiger partial charge in [0.2, 0.25) is 0 Å². The fourth-order valence-corrected chi connectivity index (χ4v) is 5.00. The van der Waals surface area contributed by atoms with Crippen LogP contribution in [0.3, 0.4) is 0 Å². The summed E-state index contributed by atoms with van der Waals surface area (Å²) in [4.78, 5) is 0. The first-order valence-corrected chi connectivity index (χ1v) is 10.0. The molecule has 0 saturated carbocycles. The zero-order chi connectivity index (χ0) is 14.0. The van der Waals surface area contributed by atoms with Crippen LogP contribution in [-0.2, 0) is 8.85 Å². The Labute approximate surface area is 116 Å². The summed E-state index contributed by atoms with van der Waals surface area (Å²) in [7, 11) is -1.92. The van der Waals surface area contributed by atoms with Crippen molar-refractivity contribution in [2.45, 2.75) is 85.4 Å². The largest absolute Gasteiger partial charge is 0.394 e. The van der Waals surface area contributed by atoms with Gasteiger partial charge in [0.25, 0.3) is 0 Å². The average Bonchev–Trinajstić information content (AvgIpc) is 2.32. The molecule has 3 heteroatoms. The Morgan fingerprint density at radius 2 is 1.56 bits per heavy atom. The highest BCUT2D eigenvalue weighted by atomic mass is 28.4. The summed E-state index contributed by atoms with van der Waals surface area (Å²) in [6, 6.07) is 2.14. The van der Waals surface area contributed by atoms with Crippen molar-refractivity contribution in [3.8, 4) is 0 Å². The van der Waals surface area contributed by atoms with Crippen LogP contribution in [0.5, 0.6) is 0 Å². The van der Waals surface area contributed by atoms with Crippen LogP contribution >= 0.6 is 0 Å². The standard InChI is InChI=1S/C15H34O2Si/c1-7-10-11-12-16-18(8-2,9-3)17-15(6)13-14(4)5/h14-15H,7-13H2,1-6H3. The Kier molecular flexibility index (Phi) is 10.1. The molecule has 0 heterocycles. The molecule has 0 bridgehead atoms. The molecule has 18 heavy (non-hydrogen) atoms. The van der Waals surface area contributed by atoms with Gasteiger partial charge in [-0.3, -0.25) is 0 Å². The molecule has 0 saturated heterocycles. The van der Waals surface area contributed by atoms with Crippen molar-refractivity contribution in [3.05, 3.63) is 0 Å². The molecule has 0 amide bonds. The fourth-order valence-electron chi connectivity index (χ4n) is 2.34. The van der Waals surface area contributed by atoms with E-state index in [9.17, 15) is 0 Å². The summed E-state index contributed by atoms with van der Waals surface area (Å²) in [5, 5.41) is 0. The summed E-state index contributed by atoms with van der Waals surface area (Å²) in [5.74, 6) is 0.695. The Hall–Kier alpha value is 0.137. The molecule has 1 unspecified atom stereocenters. The normalized spacial score (nSPS) is 14.2. The Morgan fingerprint density at radius 3 is 2.00 bits per heavy atom. The van der Waals surface area contributed by atoms with E-state index in [1.807, 2.05) is 0 Å². The minimum atomic E-state index is -1.92. The second-order valence-electron chi connectivity index (χ2n) is 5.73. The first-order chi connectivity index (χ1) is 8.49. The predicted octanol–water partition coefficient (Wildman–Crippen LogP) is 5.13. The summed E-state index contributed by atoms with van der Waals surface area (Å²) in [6.45, 7) is 14.3. The quantitative estimate of drug-likeness (QED) is 0.384. The molecular formula is C15H34O2Si. The van der Waals surface area contributed by atoms with E-state index in [0.717, 1.165) is 25.1 Å². The average molecular weight is 275 g/mol. The van der Waals surface area contributed by atoms with Gasteiger partial charge in [0, 0.05) is 12.7 Å². The van der Waals surface area contributed by atoms with E-state index in [2.05, 4.69) is 41.5 Å². The Bertz CT molecular complexity index is 191. The van der Waals surface area contributed by atoms with Crippen LogP contribution in [0, 0.1) is 5.92 Å². The van der Waals surface area contributed by atoms with Gasteiger partial charge in [-0.2, -0.15) is 0 Å². The van der Waals surface area contributed by atoms with Crippen LogP contribution in [0.2, 0.25) is 12.1 Å². The van der Waals surface area contributed by atoms with Crippen molar-refractivity contribution < 1.29 is 8.85 Å². The van der Waals surface area contributed by atoms with Crippen molar-refractivity contribution in [1.29, 1.82) is 0 Å². The highest BCUT2D eigenvalue weighted by molar-refractivity contribution is 6.67. The Balaban J connectivity index is 4.23. The Morgan fingerprint density at radius 1 is 0.944 bits per heavy atom. The van der Waals surface area contributed by atoms with Gasteiger partial charge in [0.1, 0.15) is 0 Å². The zero-order valence-corrected chi connectivity index (χ0v) is 14.4. The van der Waals surface area contributed by atoms with Gasteiger partial charge in [-0.05, 0) is 37.8 Å². The number of rotatable bonds is 11. The van der Waals surface area contributed by atoms with Gasteiger partial charge in [-0.25, -0.2) is 0 Å². The minimum Gasteiger partial charge on any atom is -0.394 e. The van der Waals surface area contributed by atoms with Gasteiger partial charge in [-0.15, -0.1) is 0 Å². The molecule has 0 aliphatic rings. The van der Waals surface area contributed by atoms with E-state index < -0.39 is 8.56 Å². The maximum absolute atomic E-state index is 6.34. The maximum Gasteiger partial charge on any atom is 0.337 e. The van der Waals surface area contributed by atoms with Crippen LogP contribution in [0.4, 0.5) is 0 Å². The van der Waals surface area contributed by atoms with Gasteiger partial charge in [0.05, 0.1) is 0 Å². The predicted molar refractivity (Wildman–Crippen MR) is 82.2 cm³/mol. The molecule has 0 aromatic heterocycles. The minimum absolute atomic E-state index is 0.336. The van der Waals surface area contributed by atoms with E-state index in [1.165, 1.54) is 19.3 Å². The number of hydrogen-bond donors (Lipinski definition) is 0. The molecule has 0 aromatic carbocycles. The van der Waals surface area contributed by atoms with Gasteiger partial charge < -0.3 is 8.85 Å². The second-order valence-corrected chi connectivity index (χ2v) is 9.49. The lowest BCUT2D eigenvalue weighted by atomic mass is 10.1. The van der Waals surface area contributed by atoms with E-state index in [-0.39, 0.29) is 0 Å². The second kappa shape index (κ2) is 9.99. The topological polar surface area (TPSA) is 18.5 Å². The van der Waals surface area contributed by atoms with Crippen molar-refractivity contribution in [2.75, 3.05) is 6.61 Å². The van der Waals surface area contributed by atoms with Crippen LogP contribution in [0.25, 0.3) is 0 Å². The van der Waals surface area contributed by atoms with Crippen molar-refractivity contribution in [1.82, 2.24) is 0 Å². The van der Waals surface area contributed by atoms with Crippen LogP contribution in [0.15, 0.2) is 0 Å². The fraction of sp³-hybridized carbons (Fsp3) is 1.00. The van der Waals surface area contributed by atoms with Crippen molar-refractivity contribution in [2.24, 2.45) is 5.92 Å². The molecule has 0 fully saturated rings.